The van der Waals surface area contributed by atoms with Crippen LogP contribution in [0, 0.1) is 17.4 Å². The van der Waals surface area contributed by atoms with Crippen molar-refractivity contribution >= 4 is 28.4 Å². The molecule has 0 saturated carbocycles. The second kappa shape index (κ2) is 5.91. The van der Waals surface area contributed by atoms with Gasteiger partial charge in [0.1, 0.15) is 11.6 Å². The topological polar surface area (TPSA) is 51.8 Å². The molecule has 0 atom stereocenters. The van der Waals surface area contributed by atoms with Gasteiger partial charge >= 0.3 is 0 Å². The van der Waals surface area contributed by atoms with E-state index in [0.29, 0.717) is 12.2 Å². The zero-order chi connectivity index (χ0) is 15.8. The van der Waals surface area contributed by atoms with Gasteiger partial charge < -0.3 is 5.73 Å². The van der Waals surface area contributed by atoms with Crippen LogP contribution >= 0.6 is 22.6 Å². The third-order valence-electron chi connectivity index (χ3n) is 3.28. The third-order valence-corrected chi connectivity index (χ3v) is 4.34. The summed E-state index contributed by atoms with van der Waals surface area (Å²) in [5.41, 5.74) is 10.8. The van der Waals surface area contributed by atoms with E-state index >= 15 is 0 Å². The number of nitrogen functional groups attached to an aromatic ring is 1. The van der Waals surface area contributed by atoms with Gasteiger partial charge in [-0.15, -0.1) is 0 Å². The van der Waals surface area contributed by atoms with Crippen molar-refractivity contribution in [3.63, 3.8) is 0 Å². The number of nitrogens with two attached hydrogens (primary N) is 1. The Morgan fingerprint density at radius 1 is 1.05 bits per heavy atom. The fourth-order valence-electron chi connectivity index (χ4n) is 2.44. The number of anilines is 1. The number of aromatic nitrogens is 2. The molecule has 3 nitrogen and oxygen atoms in total. The van der Waals surface area contributed by atoms with Crippen molar-refractivity contribution in [3.8, 4) is 0 Å². The summed E-state index contributed by atoms with van der Waals surface area (Å²) < 4.78 is 0.962. The van der Waals surface area contributed by atoms with Crippen molar-refractivity contribution in [2.45, 2.75) is 46.5 Å². The average Bonchev–Trinajstić information content (AvgIpc) is 2.30. The molecule has 2 aromatic rings. The molecule has 0 bridgehead atoms. The van der Waals surface area contributed by atoms with E-state index in [2.05, 4.69) is 80.4 Å². The van der Waals surface area contributed by atoms with E-state index in [0.717, 1.165) is 15.1 Å². The number of nitrogens with zero attached hydrogens (tertiary/aromatic N) is 2. The van der Waals surface area contributed by atoms with Gasteiger partial charge in [0.15, 0.2) is 0 Å². The standard InChI is InChI=1S/C17H22IN3/c1-10-6-11(2)8-12(7-10)9-13-20-15(17(3,4)5)14(18)16(19)21-13/h6-8H,9H2,1-5H3,(H2,19,20,21). The molecule has 0 spiro atoms. The summed E-state index contributed by atoms with van der Waals surface area (Å²) >= 11 is 2.24. The number of rotatable bonds is 2. The zero-order valence-electron chi connectivity index (χ0n) is 13.3. The van der Waals surface area contributed by atoms with Crippen LogP contribution in [0.1, 0.15) is 49.0 Å². The number of halogens is 1. The van der Waals surface area contributed by atoms with Gasteiger partial charge in [-0.1, -0.05) is 50.1 Å². The molecule has 1 aromatic carbocycles. The summed E-state index contributed by atoms with van der Waals surface area (Å²) in [6.07, 6.45) is 0.715. The number of benzene rings is 1. The van der Waals surface area contributed by atoms with E-state index in [9.17, 15) is 0 Å². The van der Waals surface area contributed by atoms with Crippen molar-refractivity contribution in [1.82, 2.24) is 9.97 Å². The molecule has 1 heterocycles. The number of hydrogen-bond acceptors (Lipinski definition) is 3. The van der Waals surface area contributed by atoms with Crippen LogP contribution in [0.4, 0.5) is 5.82 Å². The minimum Gasteiger partial charge on any atom is -0.383 e. The van der Waals surface area contributed by atoms with Gasteiger partial charge in [-0.05, 0) is 42.0 Å². The van der Waals surface area contributed by atoms with E-state index < -0.39 is 0 Å². The maximum absolute atomic E-state index is 6.07. The molecule has 0 amide bonds. The van der Waals surface area contributed by atoms with Crippen LogP contribution in [0.3, 0.4) is 0 Å². The Hall–Kier alpha value is -1.17. The fraction of sp³-hybridized carbons (Fsp3) is 0.412. The van der Waals surface area contributed by atoms with Crippen molar-refractivity contribution in [3.05, 3.63) is 50.0 Å². The van der Waals surface area contributed by atoms with Crippen molar-refractivity contribution < 1.29 is 0 Å². The quantitative estimate of drug-likeness (QED) is 0.777. The average molecular weight is 395 g/mol. The summed E-state index contributed by atoms with van der Waals surface area (Å²) in [6.45, 7) is 10.7. The highest BCUT2D eigenvalue weighted by Gasteiger charge is 2.22. The largest absolute Gasteiger partial charge is 0.383 e. The zero-order valence-corrected chi connectivity index (χ0v) is 15.4. The Morgan fingerprint density at radius 3 is 2.14 bits per heavy atom. The first-order valence-electron chi connectivity index (χ1n) is 7.06. The first kappa shape index (κ1) is 16.2. The lowest BCUT2D eigenvalue weighted by atomic mass is 9.91. The minimum absolute atomic E-state index is 0.0369. The number of hydrogen-bond donors (Lipinski definition) is 1. The van der Waals surface area contributed by atoms with Gasteiger partial charge in [0.05, 0.1) is 9.26 Å². The van der Waals surface area contributed by atoms with E-state index in [-0.39, 0.29) is 5.41 Å². The molecular weight excluding hydrogens is 373 g/mol. The molecular formula is C17H22IN3. The highest BCUT2D eigenvalue weighted by Crippen LogP contribution is 2.28. The SMILES string of the molecule is Cc1cc(C)cc(Cc2nc(N)c(I)c(C(C)(C)C)n2)c1. The smallest absolute Gasteiger partial charge is 0.140 e. The lowest BCUT2D eigenvalue weighted by molar-refractivity contribution is 0.559. The molecule has 0 aliphatic heterocycles. The van der Waals surface area contributed by atoms with Gasteiger partial charge in [0.25, 0.3) is 0 Å². The molecule has 112 valence electrons. The molecule has 2 rings (SSSR count). The van der Waals surface area contributed by atoms with Crippen LogP contribution in [-0.4, -0.2) is 9.97 Å². The first-order valence-corrected chi connectivity index (χ1v) is 8.14. The van der Waals surface area contributed by atoms with Crippen LogP contribution in [0.15, 0.2) is 18.2 Å². The van der Waals surface area contributed by atoms with Crippen molar-refractivity contribution in [1.29, 1.82) is 0 Å². The van der Waals surface area contributed by atoms with E-state index in [1.165, 1.54) is 16.7 Å². The molecule has 1 aromatic heterocycles. The summed E-state index contributed by atoms with van der Waals surface area (Å²) in [5, 5.41) is 0. The fourth-order valence-corrected chi connectivity index (χ4v) is 3.49. The van der Waals surface area contributed by atoms with Gasteiger partial charge in [-0.25, -0.2) is 9.97 Å². The predicted molar refractivity (Wildman–Crippen MR) is 96.6 cm³/mol. The Balaban J connectivity index is 2.43. The molecule has 21 heavy (non-hydrogen) atoms. The summed E-state index contributed by atoms with van der Waals surface area (Å²) in [5.74, 6) is 1.37. The van der Waals surface area contributed by atoms with Gasteiger partial charge in [0.2, 0.25) is 0 Å². The highest BCUT2D eigenvalue weighted by molar-refractivity contribution is 14.1. The van der Waals surface area contributed by atoms with Crippen LogP contribution < -0.4 is 5.73 Å². The van der Waals surface area contributed by atoms with E-state index in [4.69, 9.17) is 10.7 Å². The van der Waals surface area contributed by atoms with Crippen LogP contribution in [-0.2, 0) is 11.8 Å². The van der Waals surface area contributed by atoms with Crippen molar-refractivity contribution in [2.75, 3.05) is 5.73 Å². The van der Waals surface area contributed by atoms with E-state index in [1.54, 1.807) is 0 Å². The maximum Gasteiger partial charge on any atom is 0.140 e. The van der Waals surface area contributed by atoms with Crippen molar-refractivity contribution in [2.24, 2.45) is 0 Å². The Kier molecular flexibility index (Phi) is 4.56. The van der Waals surface area contributed by atoms with Crippen LogP contribution in [0.25, 0.3) is 0 Å². The van der Waals surface area contributed by atoms with Gasteiger partial charge in [0, 0.05) is 11.8 Å². The Morgan fingerprint density at radius 2 is 1.62 bits per heavy atom. The summed E-state index contributed by atoms with van der Waals surface area (Å²) in [6, 6.07) is 6.54. The predicted octanol–water partition coefficient (Wildman–Crippen LogP) is 4.17. The first-order chi connectivity index (χ1) is 9.66. The lowest BCUT2D eigenvalue weighted by Crippen LogP contribution is -2.19. The van der Waals surface area contributed by atoms with Crippen LogP contribution in [0.2, 0.25) is 0 Å². The molecule has 0 radical (unpaired) electrons. The minimum atomic E-state index is -0.0369. The monoisotopic (exact) mass is 395 g/mol. The van der Waals surface area contributed by atoms with E-state index in [1.807, 2.05) is 0 Å². The van der Waals surface area contributed by atoms with Gasteiger partial charge in [-0.2, -0.15) is 0 Å². The lowest BCUT2D eigenvalue weighted by Gasteiger charge is -2.21. The van der Waals surface area contributed by atoms with Gasteiger partial charge in [-0.3, -0.25) is 0 Å². The van der Waals surface area contributed by atoms with Crippen LogP contribution in [0.5, 0.6) is 0 Å². The molecule has 0 aliphatic carbocycles. The second-order valence-electron chi connectivity index (χ2n) is 6.61. The molecule has 0 fully saturated rings. The Labute approximate surface area is 140 Å². The molecule has 0 aliphatic rings. The molecule has 2 N–H and O–H groups in total. The molecule has 4 heteroatoms. The molecule has 0 saturated heterocycles. The third kappa shape index (κ3) is 3.93. The number of aryl methyl sites for hydroxylation is 2. The normalized spacial score (nSPS) is 11.7. The summed E-state index contributed by atoms with van der Waals surface area (Å²) in [7, 11) is 0. The summed E-state index contributed by atoms with van der Waals surface area (Å²) in [4.78, 5) is 9.22. The second-order valence-corrected chi connectivity index (χ2v) is 7.69. The highest BCUT2D eigenvalue weighted by atomic mass is 127. The maximum atomic E-state index is 6.07. The Bertz CT molecular complexity index is 652. The molecule has 0 unspecified atom stereocenters.